The highest BCUT2D eigenvalue weighted by molar-refractivity contribution is 14.0. The predicted molar refractivity (Wildman–Crippen MR) is 110 cm³/mol. The second kappa shape index (κ2) is 9.73. The summed E-state index contributed by atoms with van der Waals surface area (Å²) in [4.78, 5) is 5.62. The van der Waals surface area contributed by atoms with Gasteiger partial charge in [0.2, 0.25) is 0 Å². The molecule has 0 saturated carbocycles. The maximum Gasteiger partial charge on any atom is 0.195 e. The minimum Gasteiger partial charge on any atom is -0.490 e. The van der Waals surface area contributed by atoms with E-state index in [1.54, 1.807) is 18.4 Å². The SMILES string of the molecule is CN=C(NCCc1cccs1)Nc1ccc2c(c1)OCCCO2.I. The van der Waals surface area contributed by atoms with Crippen molar-refractivity contribution in [1.82, 2.24) is 5.32 Å². The molecule has 2 N–H and O–H groups in total. The Morgan fingerprint density at radius 1 is 1.21 bits per heavy atom. The summed E-state index contributed by atoms with van der Waals surface area (Å²) in [6.07, 6.45) is 1.89. The first-order chi connectivity index (χ1) is 11.3. The van der Waals surface area contributed by atoms with Gasteiger partial charge in [0.25, 0.3) is 0 Å². The number of anilines is 1. The van der Waals surface area contributed by atoms with Gasteiger partial charge in [-0.3, -0.25) is 4.99 Å². The van der Waals surface area contributed by atoms with Crippen LogP contribution in [0, 0.1) is 0 Å². The van der Waals surface area contributed by atoms with E-state index in [-0.39, 0.29) is 24.0 Å². The quantitative estimate of drug-likeness (QED) is 0.416. The number of aliphatic imine (C=N–C) groups is 1. The maximum atomic E-state index is 5.71. The highest BCUT2D eigenvalue weighted by Gasteiger charge is 2.11. The van der Waals surface area contributed by atoms with Gasteiger partial charge >= 0.3 is 0 Å². The zero-order chi connectivity index (χ0) is 15.9. The van der Waals surface area contributed by atoms with E-state index in [1.165, 1.54) is 4.88 Å². The van der Waals surface area contributed by atoms with Crippen molar-refractivity contribution in [3.63, 3.8) is 0 Å². The zero-order valence-electron chi connectivity index (χ0n) is 13.6. The van der Waals surface area contributed by atoms with Gasteiger partial charge in [0.15, 0.2) is 17.5 Å². The molecule has 0 aliphatic carbocycles. The summed E-state index contributed by atoms with van der Waals surface area (Å²) in [5.41, 5.74) is 0.929. The molecule has 5 nitrogen and oxygen atoms in total. The normalized spacial score (nSPS) is 13.6. The minimum atomic E-state index is 0. The summed E-state index contributed by atoms with van der Waals surface area (Å²) >= 11 is 1.77. The van der Waals surface area contributed by atoms with Crippen LogP contribution in [0.25, 0.3) is 0 Å². The van der Waals surface area contributed by atoms with Crippen LogP contribution in [0.4, 0.5) is 5.69 Å². The molecular formula is C17H22IN3O2S. The van der Waals surface area contributed by atoms with Gasteiger partial charge in [0.1, 0.15) is 0 Å². The van der Waals surface area contributed by atoms with Crippen molar-refractivity contribution in [1.29, 1.82) is 0 Å². The number of hydrogen-bond acceptors (Lipinski definition) is 4. The van der Waals surface area contributed by atoms with Crippen LogP contribution in [-0.4, -0.2) is 32.8 Å². The molecule has 0 fully saturated rings. The van der Waals surface area contributed by atoms with Crippen LogP contribution in [0.5, 0.6) is 11.5 Å². The lowest BCUT2D eigenvalue weighted by molar-refractivity contribution is 0.297. The van der Waals surface area contributed by atoms with Crippen LogP contribution < -0.4 is 20.1 Å². The van der Waals surface area contributed by atoms with Crippen molar-refractivity contribution >= 4 is 47.0 Å². The Kier molecular flexibility index (Phi) is 7.64. The Bertz CT molecular complexity index is 662. The molecule has 0 amide bonds. The largest absolute Gasteiger partial charge is 0.490 e. The van der Waals surface area contributed by atoms with Crippen LogP contribution in [0.3, 0.4) is 0 Å². The van der Waals surface area contributed by atoms with Gasteiger partial charge in [0.05, 0.1) is 13.2 Å². The predicted octanol–water partition coefficient (Wildman–Crippen LogP) is 3.76. The molecule has 2 aromatic rings. The third-order valence-electron chi connectivity index (χ3n) is 3.48. The summed E-state index contributed by atoms with van der Waals surface area (Å²) in [6.45, 7) is 2.22. The topological polar surface area (TPSA) is 54.9 Å². The molecule has 0 unspecified atom stereocenters. The lowest BCUT2D eigenvalue weighted by atomic mass is 10.2. The Morgan fingerprint density at radius 3 is 2.79 bits per heavy atom. The number of rotatable bonds is 4. The van der Waals surface area contributed by atoms with Crippen molar-refractivity contribution in [2.24, 2.45) is 4.99 Å². The standard InChI is InChI=1S/C17H21N3O2S.HI/c1-18-17(19-8-7-14-4-2-11-23-14)20-13-5-6-15-16(12-13)22-10-3-9-21-15;/h2,4-6,11-12H,3,7-10H2,1H3,(H2,18,19,20);1H. The van der Waals surface area contributed by atoms with Crippen molar-refractivity contribution < 1.29 is 9.47 Å². The number of nitrogens with zero attached hydrogens (tertiary/aromatic N) is 1. The second-order valence-electron chi connectivity index (χ2n) is 5.17. The van der Waals surface area contributed by atoms with Crippen LogP contribution >= 0.6 is 35.3 Å². The minimum absolute atomic E-state index is 0. The highest BCUT2D eigenvalue weighted by atomic mass is 127. The molecule has 1 aliphatic rings. The van der Waals surface area contributed by atoms with E-state index in [1.807, 2.05) is 18.2 Å². The Hall–Kier alpha value is -1.48. The summed E-state index contributed by atoms with van der Waals surface area (Å²) in [5, 5.41) is 8.71. The van der Waals surface area contributed by atoms with Gasteiger partial charge < -0.3 is 20.1 Å². The van der Waals surface area contributed by atoms with Crippen LogP contribution in [0.2, 0.25) is 0 Å². The number of benzene rings is 1. The molecule has 0 spiro atoms. The highest BCUT2D eigenvalue weighted by Crippen LogP contribution is 2.32. The molecule has 130 valence electrons. The molecule has 0 atom stereocenters. The molecule has 0 saturated heterocycles. The van der Waals surface area contributed by atoms with Crippen molar-refractivity contribution in [3.05, 3.63) is 40.6 Å². The van der Waals surface area contributed by atoms with E-state index >= 15 is 0 Å². The third-order valence-corrected chi connectivity index (χ3v) is 4.41. The number of halogens is 1. The third kappa shape index (κ3) is 5.27. The average Bonchev–Trinajstić information content (AvgIpc) is 2.98. The first-order valence-electron chi connectivity index (χ1n) is 7.75. The molecule has 1 aromatic carbocycles. The fourth-order valence-electron chi connectivity index (χ4n) is 2.32. The monoisotopic (exact) mass is 459 g/mol. The first kappa shape index (κ1) is 18.9. The number of nitrogens with one attached hydrogen (secondary N) is 2. The Labute approximate surface area is 163 Å². The molecule has 7 heteroatoms. The van der Waals surface area contributed by atoms with E-state index < -0.39 is 0 Å². The van der Waals surface area contributed by atoms with Crippen molar-refractivity contribution in [3.8, 4) is 11.5 Å². The Balaban J connectivity index is 0.00000208. The number of ether oxygens (including phenoxy) is 2. The van der Waals surface area contributed by atoms with Gasteiger partial charge in [-0.25, -0.2) is 0 Å². The molecule has 2 heterocycles. The second-order valence-corrected chi connectivity index (χ2v) is 6.20. The molecule has 3 rings (SSSR count). The molecule has 1 aliphatic heterocycles. The van der Waals surface area contributed by atoms with E-state index in [9.17, 15) is 0 Å². The van der Waals surface area contributed by atoms with Crippen LogP contribution in [-0.2, 0) is 6.42 Å². The van der Waals surface area contributed by atoms with Crippen LogP contribution in [0.15, 0.2) is 40.7 Å². The summed E-state index contributed by atoms with van der Waals surface area (Å²) < 4.78 is 11.4. The van der Waals surface area contributed by atoms with Gasteiger partial charge in [-0.05, 0) is 30.0 Å². The zero-order valence-corrected chi connectivity index (χ0v) is 16.7. The lowest BCUT2D eigenvalue weighted by Crippen LogP contribution is -2.32. The number of fused-ring (bicyclic) bond motifs is 1. The number of hydrogen-bond donors (Lipinski definition) is 2. The van der Waals surface area contributed by atoms with Crippen LogP contribution in [0.1, 0.15) is 11.3 Å². The summed E-state index contributed by atoms with van der Waals surface area (Å²) in [6, 6.07) is 10.1. The molecule has 24 heavy (non-hydrogen) atoms. The molecule has 1 aromatic heterocycles. The van der Waals surface area contributed by atoms with E-state index in [2.05, 4.69) is 33.1 Å². The maximum absolute atomic E-state index is 5.71. The number of guanidine groups is 1. The number of thiophene rings is 1. The van der Waals surface area contributed by atoms with Crippen molar-refractivity contribution in [2.45, 2.75) is 12.8 Å². The first-order valence-corrected chi connectivity index (χ1v) is 8.63. The summed E-state index contributed by atoms with van der Waals surface area (Å²) in [5.74, 6) is 2.33. The lowest BCUT2D eigenvalue weighted by Gasteiger charge is -2.13. The van der Waals surface area contributed by atoms with E-state index in [0.717, 1.165) is 42.5 Å². The van der Waals surface area contributed by atoms with E-state index in [0.29, 0.717) is 13.2 Å². The smallest absolute Gasteiger partial charge is 0.195 e. The van der Waals surface area contributed by atoms with Gasteiger partial charge in [-0.2, -0.15) is 0 Å². The Morgan fingerprint density at radius 2 is 2.04 bits per heavy atom. The molecule has 0 bridgehead atoms. The van der Waals surface area contributed by atoms with E-state index in [4.69, 9.17) is 9.47 Å². The molecule has 0 radical (unpaired) electrons. The fraction of sp³-hybridized carbons (Fsp3) is 0.353. The van der Waals surface area contributed by atoms with Gasteiger partial charge in [-0.1, -0.05) is 6.07 Å². The fourth-order valence-corrected chi connectivity index (χ4v) is 3.02. The van der Waals surface area contributed by atoms with Crippen molar-refractivity contribution in [2.75, 3.05) is 32.1 Å². The molecular weight excluding hydrogens is 437 g/mol. The summed E-state index contributed by atoms with van der Waals surface area (Å²) in [7, 11) is 1.77. The average molecular weight is 459 g/mol. The van der Waals surface area contributed by atoms with Gasteiger partial charge in [-0.15, -0.1) is 35.3 Å². The van der Waals surface area contributed by atoms with Gasteiger partial charge in [0, 0.05) is 36.6 Å².